The third kappa shape index (κ3) is 4.94. The molecule has 0 radical (unpaired) electrons. The van der Waals surface area contributed by atoms with Crippen LogP contribution in [0.25, 0.3) is 11.1 Å². The second-order valence-corrected chi connectivity index (χ2v) is 12.0. The zero-order valence-corrected chi connectivity index (χ0v) is 24.7. The Labute approximate surface area is 250 Å². The van der Waals surface area contributed by atoms with Crippen molar-refractivity contribution in [2.45, 2.75) is 51.2 Å². The second-order valence-electron chi connectivity index (χ2n) is 12.0. The molecule has 1 aliphatic carbocycles. The lowest BCUT2D eigenvalue weighted by atomic mass is 9.91. The molecule has 0 atom stereocenters. The number of nitrogens with one attached hydrogen (secondary N) is 1. The average Bonchev–Trinajstić information content (AvgIpc) is 3.63. The zero-order valence-electron chi connectivity index (χ0n) is 24.7. The van der Waals surface area contributed by atoms with Crippen molar-refractivity contribution in [2.75, 3.05) is 36.9 Å². The number of carbonyl (C=O) groups is 1. The van der Waals surface area contributed by atoms with E-state index in [-0.39, 0.29) is 18.1 Å². The molecule has 4 aromatic heterocycles. The van der Waals surface area contributed by atoms with Crippen molar-refractivity contribution in [3.8, 4) is 11.1 Å². The van der Waals surface area contributed by atoms with Crippen molar-refractivity contribution in [1.82, 2.24) is 24.0 Å². The van der Waals surface area contributed by atoms with Crippen LogP contribution in [-0.2, 0) is 33.0 Å². The molecule has 1 amide bonds. The van der Waals surface area contributed by atoms with Gasteiger partial charge in [-0.15, -0.1) is 0 Å². The Morgan fingerprint density at radius 2 is 1.84 bits per heavy atom. The van der Waals surface area contributed by atoms with Gasteiger partial charge in [-0.25, -0.2) is 9.97 Å². The summed E-state index contributed by atoms with van der Waals surface area (Å²) >= 11 is 0. The molecule has 4 aromatic rings. The molecule has 7 rings (SSSR count). The maximum atomic E-state index is 13.7. The Morgan fingerprint density at radius 1 is 1.00 bits per heavy atom. The van der Waals surface area contributed by atoms with Gasteiger partial charge in [0, 0.05) is 55.5 Å². The maximum Gasteiger partial charge on any atom is 0.276 e. The molecule has 0 unspecified atom stereocenters. The summed E-state index contributed by atoms with van der Waals surface area (Å²) in [6.07, 6.45) is 10.7. The number of pyridine rings is 3. The Hall–Kier alpha value is -4.28. The van der Waals surface area contributed by atoms with Gasteiger partial charge in [-0.3, -0.25) is 14.5 Å². The van der Waals surface area contributed by atoms with Crippen molar-refractivity contribution in [3.05, 3.63) is 87.4 Å². The SMILES string of the molecule is CN1CCC(c2ccc(Nc3cc(-c4ccnc(N5CCn6c(cc7c6CCC7)C5=O)c4CO)cn(C)c3=O)nc2)CC1. The molecular weight excluding hydrogens is 542 g/mol. The lowest BCUT2D eigenvalue weighted by Gasteiger charge is -2.30. The average molecular weight is 580 g/mol. The number of amides is 1. The zero-order chi connectivity index (χ0) is 29.7. The normalized spacial score (nSPS) is 17.3. The molecule has 1 fully saturated rings. The summed E-state index contributed by atoms with van der Waals surface area (Å²) < 4.78 is 3.68. The summed E-state index contributed by atoms with van der Waals surface area (Å²) in [4.78, 5) is 40.0. The van der Waals surface area contributed by atoms with Crippen LogP contribution in [0.2, 0.25) is 0 Å². The van der Waals surface area contributed by atoms with Gasteiger partial charge in [0.15, 0.2) is 0 Å². The highest BCUT2D eigenvalue weighted by Crippen LogP contribution is 2.35. The number of aliphatic hydroxyl groups is 1. The molecular formula is C33H37N7O3. The van der Waals surface area contributed by atoms with E-state index in [4.69, 9.17) is 0 Å². The molecule has 10 heteroatoms. The topological polar surface area (TPSA) is 109 Å². The summed E-state index contributed by atoms with van der Waals surface area (Å²) in [7, 11) is 3.86. The summed E-state index contributed by atoms with van der Waals surface area (Å²) in [5.74, 6) is 1.45. The number of hydrogen-bond donors (Lipinski definition) is 2. The molecule has 43 heavy (non-hydrogen) atoms. The Balaban J connectivity index is 1.18. The van der Waals surface area contributed by atoms with Gasteiger partial charge < -0.3 is 24.5 Å². The van der Waals surface area contributed by atoms with E-state index >= 15 is 0 Å². The number of fused-ring (bicyclic) bond motifs is 3. The number of hydrogen-bond acceptors (Lipinski definition) is 7. The summed E-state index contributed by atoms with van der Waals surface area (Å²) in [6, 6.07) is 9.65. The summed E-state index contributed by atoms with van der Waals surface area (Å²) in [5.41, 5.74) is 6.65. The predicted octanol–water partition coefficient (Wildman–Crippen LogP) is 3.84. The van der Waals surface area contributed by atoms with E-state index in [0.717, 1.165) is 50.8 Å². The van der Waals surface area contributed by atoms with Crippen molar-refractivity contribution >= 4 is 23.2 Å². The monoisotopic (exact) mass is 579 g/mol. The van der Waals surface area contributed by atoms with Crippen LogP contribution in [0.5, 0.6) is 0 Å². The highest BCUT2D eigenvalue weighted by atomic mass is 16.3. The molecule has 0 saturated carbocycles. The summed E-state index contributed by atoms with van der Waals surface area (Å²) in [5, 5.41) is 13.8. The Kier molecular flexibility index (Phi) is 7.10. The first-order valence-corrected chi connectivity index (χ1v) is 15.2. The van der Waals surface area contributed by atoms with E-state index in [0.29, 0.717) is 53.2 Å². The molecule has 222 valence electrons. The molecule has 10 nitrogen and oxygen atoms in total. The summed E-state index contributed by atoms with van der Waals surface area (Å²) in [6.45, 7) is 3.05. The third-order valence-electron chi connectivity index (χ3n) is 9.35. The van der Waals surface area contributed by atoms with E-state index in [1.807, 2.05) is 24.4 Å². The van der Waals surface area contributed by atoms with Crippen LogP contribution in [0.1, 0.15) is 58.1 Å². The molecule has 6 heterocycles. The first-order chi connectivity index (χ1) is 20.9. The van der Waals surface area contributed by atoms with Gasteiger partial charge in [0.05, 0.1) is 6.61 Å². The van der Waals surface area contributed by atoms with Crippen LogP contribution in [0.15, 0.2) is 53.7 Å². The predicted molar refractivity (Wildman–Crippen MR) is 166 cm³/mol. The van der Waals surface area contributed by atoms with Crippen LogP contribution < -0.4 is 15.8 Å². The molecule has 0 spiro atoms. The van der Waals surface area contributed by atoms with Crippen LogP contribution >= 0.6 is 0 Å². The van der Waals surface area contributed by atoms with Gasteiger partial charge in [0.2, 0.25) is 0 Å². The number of carbonyl (C=O) groups excluding carboxylic acids is 1. The molecule has 2 aliphatic heterocycles. The first kappa shape index (κ1) is 27.5. The van der Waals surface area contributed by atoms with Gasteiger partial charge in [-0.1, -0.05) is 6.07 Å². The first-order valence-electron chi connectivity index (χ1n) is 15.2. The minimum absolute atomic E-state index is 0.0995. The molecule has 0 aromatic carbocycles. The molecule has 0 bridgehead atoms. The minimum atomic E-state index is -0.300. The number of nitrogens with zero attached hydrogens (tertiary/aromatic N) is 6. The van der Waals surface area contributed by atoms with E-state index in [1.54, 1.807) is 30.4 Å². The van der Waals surface area contributed by atoms with Gasteiger partial charge in [-0.05, 0) is 99.1 Å². The van der Waals surface area contributed by atoms with Crippen molar-refractivity contribution < 1.29 is 9.90 Å². The number of aryl methyl sites for hydroxylation is 2. The number of likely N-dealkylation sites (tertiary alicyclic amines) is 1. The molecule has 3 aliphatic rings. The van der Waals surface area contributed by atoms with Crippen LogP contribution in [0.3, 0.4) is 0 Å². The third-order valence-corrected chi connectivity index (χ3v) is 9.35. The lowest BCUT2D eigenvalue weighted by Crippen LogP contribution is -2.41. The highest BCUT2D eigenvalue weighted by Gasteiger charge is 2.33. The van der Waals surface area contributed by atoms with Crippen molar-refractivity contribution in [1.29, 1.82) is 0 Å². The van der Waals surface area contributed by atoms with E-state index < -0.39 is 0 Å². The van der Waals surface area contributed by atoms with Crippen molar-refractivity contribution in [2.24, 2.45) is 7.05 Å². The smallest absolute Gasteiger partial charge is 0.276 e. The van der Waals surface area contributed by atoms with Crippen LogP contribution in [0, 0.1) is 0 Å². The van der Waals surface area contributed by atoms with E-state index in [1.165, 1.54) is 21.4 Å². The van der Waals surface area contributed by atoms with E-state index in [2.05, 4.69) is 37.9 Å². The fraction of sp³-hybridized carbons (Fsp3) is 0.394. The largest absolute Gasteiger partial charge is 0.392 e. The number of anilines is 3. The Bertz CT molecular complexity index is 1750. The van der Waals surface area contributed by atoms with Gasteiger partial charge in [0.1, 0.15) is 23.0 Å². The number of aromatic nitrogens is 4. The second kappa shape index (κ2) is 11.1. The highest BCUT2D eigenvalue weighted by molar-refractivity contribution is 6.06. The minimum Gasteiger partial charge on any atom is -0.392 e. The van der Waals surface area contributed by atoms with Crippen LogP contribution in [0.4, 0.5) is 17.3 Å². The van der Waals surface area contributed by atoms with Crippen molar-refractivity contribution in [3.63, 3.8) is 0 Å². The Morgan fingerprint density at radius 3 is 2.60 bits per heavy atom. The molecule has 2 N–H and O–H groups in total. The lowest BCUT2D eigenvalue weighted by molar-refractivity contribution is 0.0963. The number of rotatable bonds is 6. The van der Waals surface area contributed by atoms with Gasteiger partial charge >= 0.3 is 0 Å². The fourth-order valence-electron chi connectivity index (χ4n) is 6.97. The fourth-order valence-corrected chi connectivity index (χ4v) is 6.97. The molecule has 1 saturated heterocycles. The van der Waals surface area contributed by atoms with Crippen LogP contribution in [-0.4, -0.2) is 61.7 Å². The number of piperidine rings is 1. The van der Waals surface area contributed by atoms with Gasteiger partial charge in [0.25, 0.3) is 11.5 Å². The number of aliphatic hydroxyl groups excluding tert-OH is 1. The van der Waals surface area contributed by atoms with E-state index in [9.17, 15) is 14.7 Å². The quantitative estimate of drug-likeness (QED) is 0.357. The standard InChI is InChI=1S/C33H37N7O3/c1-37-12-9-21(10-13-37)23-6-7-30(35-18-23)36-27-16-24(19-38(2)32(27)42)25-8-11-34-31(26(25)20-41)40-15-14-39-28-5-3-4-22(28)17-29(39)33(40)43/h6-8,11,16-19,21,41H,3-5,9-10,12-15,20H2,1-2H3,(H,35,36). The maximum absolute atomic E-state index is 13.7. The van der Waals surface area contributed by atoms with Gasteiger partial charge in [-0.2, -0.15) is 0 Å².